The van der Waals surface area contributed by atoms with Gasteiger partial charge >= 0.3 is 5.97 Å². The molecule has 3 rings (SSSR count). The van der Waals surface area contributed by atoms with Gasteiger partial charge in [-0.25, -0.2) is 4.39 Å². The second kappa shape index (κ2) is 7.95. The largest absolute Gasteiger partial charge is 0.469 e. The number of benzodiazepines with no additional fused rings is 1. The molecule has 0 unspecified atom stereocenters. The molecule has 0 saturated heterocycles. The van der Waals surface area contributed by atoms with E-state index in [1.807, 2.05) is 0 Å². The third-order valence-electron chi connectivity index (χ3n) is 4.29. The second-order valence-corrected chi connectivity index (χ2v) is 6.06. The maximum absolute atomic E-state index is 14.5. The number of benzene rings is 2. The summed E-state index contributed by atoms with van der Waals surface area (Å²) in [6.45, 7) is 0. The molecule has 144 valence electrons. The lowest BCUT2D eigenvalue weighted by Crippen LogP contribution is -2.26. The number of methoxy groups -OCH3 is 1. The number of rotatable bonds is 5. The van der Waals surface area contributed by atoms with Crippen LogP contribution in [-0.2, 0) is 14.3 Å². The highest BCUT2D eigenvalue weighted by Crippen LogP contribution is 2.29. The van der Waals surface area contributed by atoms with Crippen LogP contribution in [0.5, 0.6) is 0 Å². The summed E-state index contributed by atoms with van der Waals surface area (Å²) in [5.41, 5.74) is 0.491. The summed E-state index contributed by atoms with van der Waals surface area (Å²) in [6, 6.07) is 8.69. The van der Waals surface area contributed by atoms with Crippen LogP contribution in [0.25, 0.3) is 0 Å². The van der Waals surface area contributed by atoms with Crippen LogP contribution < -0.4 is 5.32 Å². The Hall–Kier alpha value is -3.62. The van der Waals surface area contributed by atoms with Gasteiger partial charge in [0.1, 0.15) is 11.9 Å². The Morgan fingerprint density at radius 2 is 2.04 bits per heavy atom. The van der Waals surface area contributed by atoms with E-state index in [2.05, 4.69) is 15.0 Å². The Labute approximate surface area is 159 Å². The van der Waals surface area contributed by atoms with Crippen LogP contribution in [0, 0.1) is 15.9 Å². The fourth-order valence-corrected chi connectivity index (χ4v) is 2.87. The lowest BCUT2D eigenvalue weighted by atomic mass is 9.99. The van der Waals surface area contributed by atoms with Crippen molar-refractivity contribution < 1.29 is 23.6 Å². The van der Waals surface area contributed by atoms with Crippen LogP contribution >= 0.6 is 0 Å². The lowest BCUT2D eigenvalue weighted by Gasteiger charge is -2.11. The Morgan fingerprint density at radius 3 is 2.71 bits per heavy atom. The molecule has 0 aliphatic carbocycles. The average Bonchev–Trinajstić information content (AvgIpc) is 2.82. The van der Waals surface area contributed by atoms with Gasteiger partial charge in [-0.2, -0.15) is 0 Å². The predicted octanol–water partition coefficient (Wildman–Crippen LogP) is 2.85. The van der Waals surface area contributed by atoms with E-state index in [9.17, 15) is 24.1 Å². The fourth-order valence-electron chi connectivity index (χ4n) is 2.87. The van der Waals surface area contributed by atoms with Crippen molar-refractivity contribution in [1.82, 2.24) is 0 Å². The van der Waals surface area contributed by atoms with Crippen molar-refractivity contribution >= 4 is 29.0 Å². The highest BCUT2D eigenvalue weighted by molar-refractivity contribution is 6.20. The summed E-state index contributed by atoms with van der Waals surface area (Å²) in [5.74, 6) is -1.59. The summed E-state index contributed by atoms with van der Waals surface area (Å²) >= 11 is 0. The highest BCUT2D eigenvalue weighted by atomic mass is 19.1. The molecule has 2 aromatic rings. The summed E-state index contributed by atoms with van der Waals surface area (Å²) < 4.78 is 19.0. The number of nitrogens with one attached hydrogen (secondary N) is 1. The monoisotopic (exact) mass is 385 g/mol. The second-order valence-electron chi connectivity index (χ2n) is 6.06. The van der Waals surface area contributed by atoms with Crippen molar-refractivity contribution in [3.63, 3.8) is 0 Å². The Bertz CT molecular complexity index is 989. The van der Waals surface area contributed by atoms with Crippen LogP contribution in [0.15, 0.2) is 47.5 Å². The molecular weight excluding hydrogens is 369 g/mol. The maximum atomic E-state index is 14.5. The van der Waals surface area contributed by atoms with Gasteiger partial charge in [0.05, 0.1) is 23.4 Å². The number of ether oxygens (including phenoxy) is 1. The molecular formula is C19H16FN3O5. The summed E-state index contributed by atoms with van der Waals surface area (Å²) in [5, 5.41) is 13.8. The van der Waals surface area contributed by atoms with Crippen molar-refractivity contribution in [2.24, 2.45) is 4.99 Å². The summed E-state index contributed by atoms with van der Waals surface area (Å²) in [7, 11) is 1.23. The normalized spacial score (nSPS) is 15.7. The first-order valence-corrected chi connectivity index (χ1v) is 8.40. The molecule has 1 amide bonds. The van der Waals surface area contributed by atoms with Crippen LogP contribution in [0.1, 0.15) is 24.0 Å². The number of esters is 1. The quantitative estimate of drug-likeness (QED) is 0.483. The number of carbonyl (C=O) groups excluding carboxylic acids is 2. The van der Waals surface area contributed by atoms with Crippen LogP contribution in [0.4, 0.5) is 15.8 Å². The number of nitro benzene ring substituents is 1. The van der Waals surface area contributed by atoms with Crippen molar-refractivity contribution in [2.75, 3.05) is 12.4 Å². The number of anilines is 1. The van der Waals surface area contributed by atoms with Crippen LogP contribution in [0.3, 0.4) is 0 Å². The number of non-ortho nitro benzene ring substituents is 1. The molecule has 1 N–H and O–H groups in total. The molecule has 0 saturated carbocycles. The molecule has 1 atom stereocenters. The zero-order chi connectivity index (χ0) is 20.3. The minimum Gasteiger partial charge on any atom is -0.469 e. The average molecular weight is 385 g/mol. The standard InChI is InChI=1S/C19H16FN3O5/c1-28-17(24)9-8-16-19(25)22-15-7-6-11(23(26)27)10-13(15)18(21-16)12-4-2-3-5-14(12)20/h2-7,10,16H,8-9H2,1H3,(H,22,25)/t16-/m0/s1. The third-order valence-corrected chi connectivity index (χ3v) is 4.29. The zero-order valence-corrected chi connectivity index (χ0v) is 14.8. The molecule has 8 nitrogen and oxygen atoms in total. The number of carbonyl (C=O) groups is 2. The summed E-state index contributed by atoms with van der Waals surface area (Å²) in [6.07, 6.45) is -0.00826. The molecule has 1 heterocycles. The number of fused-ring (bicyclic) bond motifs is 1. The zero-order valence-electron chi connectivity index (χ0n) is 14.8. The van der Waals surface area contributed by atoms with Gasteiger partial charge in [0.25, 0.3) is 5.69 Å². The highest BCUT2D eigenvalue weighted by Gasteiger charge is 2.28. The molecule has 28 heavy (non-hydrogen) atoms. The van der Waals surface area contributed by atoms with E-state index in [0.717, 1.165) is 0 Å². The van der Waals surface area contributed by atoms with Crippen molar-refractivity contribution in [3.05, 3.63) is 69.5 Å². The van der Waals surface area contributed by atoms with Crippen molar-refractivity contribution in [1.29, 1.82) is 0 Å². The molecule has 1 aliphatic heterocycles. The first-order valence-electron chi connectivity index (χ1n) is 8.40. The van der Waals surface area contributed by atoms with Gasteiger partial charge in [-0.05, 0) is 24.6 Å². The Morgan fingerprint density at radius 1 is 1.29 bits per heavy atom. The first-order chi connectivity index (χ1) is 13.4. The van der Waals surface area contributed by atoms with Crippen LogP contribution in [-0.4, -0.2) is 35.7 Å². The minimum atomic E-state index is -0.986. The Kier molecular flexibility index (Phi) is 5.44. The molecule has 1 aliphatic rings. The molecule has 0 fully saturated rings. The number of halogens is 1. The van der Waals surface area contributed by atoms with Gasteiger partial charge in [-0.1, -0.05) is 12.1 Å². The minimum absolute atomic E-state index is 0.0482. The predicted molar refractivity (Wildman–Crippen MR) is 98.8 cm³/mol. The smallest absolute Gasteiger partial charge is 0.305 e. The van der Waals surface area contributed by atoms with E-state index in [-0.39, 0.29) is 41.1 Å². The van der Waals surface area contributed by atoms with E-state index in [4.69, 9.17) is 0 Å². The summed E-state index contributed by atoms with van der Waals surface area (Å²) in [4.78, 5) is 39.0. The maximum Gasteiger partial charge on any atom is 0.305 e. The van der Waals surface area contributed by atoms with Crippen molar-refractivity contribution in [3.8, 4) is 0 Å². The number of nitro groups is 1. The van der Waals surface area contributed by atoms with E-state index in [1.165, 1.54) is 43.5 Å². The van der Waals surface area contributed by atoms with E-state index in [0.29, 0.717) is 0 Å². The molecule has 2 aromatic carbocycles. The van der Waals surface area contributed by atoms with E-state index in [1.54, 1.807) is 6.07 Å². The number of hydrogen-bond donors (Lipinski definition) is 1. The molecule has 0 aromatic heterocycles. The van der Waals surface area contributed by atoms with E-state index >= 15 is 0 Å². The first kappa shape index (κ1) is 19.2. The van der Waals surface area contributed by atoms with Crippen molar-refractivity contribution in [2.45, 2.75) is 18.9 Å². The SMILES string of the molecule is COC(=O)CC[C@@H]1N=C(c2ccccc2F)c2cc([N+](=O)[O-])ccc2NC1=O. The number of amides is 1. The van der Waals surface area contributed by atoms with Gasteiger partial charge in [-0.3, -0.25) is 24.7 Å². The van der Waals surface area contributed by atoms with Gasteiger partial charge in [0.2, 0.25) is 5.91 Å². The molecule has 0 radical (unpaired) electrons. The fraction of sp³-hybridized carbons (Fsp3) is 0.211. The van der Waals surface area contributed by atoms with Gasteiger partial charge in [0, 0.05) is 29.7 Å². The van der Waals surface area contributed by atoms with E-state index < -0.39 is 28.7 Å². The number of aliphatic imine (C=N–C) groups is 1. The number of nitrogens with zero attached hydrogens (tertiary/aromatic N) is 2. The third kappa shape index (κ3) is 3.88. The molecule has 9 heteroatoms. The van der Waals surface area contributed by atoms with Crippen LogP contribution in [0.2, 0.25) is 0 Å². The van der Waals surface area contributed by atoms with Gasteiger partial charge < -0.3 is 10.1 Å². The molecule has 0 spiro atoms. The van der Waals surface area contributed by atoms with Gasteiger partial charge in [0.15, 0.2) is 0 Å². The Balaban J connectivity index is 2.14. The van der Waals surface area contributed by atoms with Gasteiger partial charge in [-0.15, -0.1) is 0 Å². The molecule has 0 bridgehead atoms. The topological polar surface area (TPSA) is 111 Å². The number of hydrogen-bond acceptors (Lipinski definition) is 6. The lowest BCUT2D eigenvalue weighted by molar-refractivity contribution is -0.384.